The van der Waals surface area contributed by atoms with Crippen LogP contribution in [0.15, 0.2) is 30.3 Å². The van der Waals surface area contributed by atoms with Crippen LogP contribution in [0.4, 0.5) is 0 Å². The van der Waals surface area contributed by atoms with Gasteiger partial charge in [-0.1, -0.05) is 30.3 Å². The molecular weight excluding hydrogens is 244 g/mol. The van der Waals surface area contributed by atoms with Gasteiger partial charge in [-0.2, -0.15) is 0 Å². The van der Waals surface area contributed by atoms with E-state index >= 15 is 0 Å². The minimum atomic E-state index is 0.647. The minimum Gasteiger partial charge on any atom is -0.312 e. The summed E-state index contributed by atoms with van der Waals surface area (Å²) in [5.41, 5.74) is 1.47. The lowest BCUT2D eigenvalue weighted by Crippen LogP contribution is -2.45. The fourth-order valence-corrected chi connectivity index (χ4v) is 3.13. The number of hydrogen-bond acceptors (Lipinski definition) is 2. The van der Waals surface area contributed by atoms with Gasteiger partial charge in [0.25, 0.3) is 0 Å². The Hall–Kier alpha value is -0.860. The van der Waals surface area contributed by atoms with Gasteiger partial charge in [0.2, 0.25) is 0 Å². The number of aryl methyl sites for hydroxylation is 1. The van der Waals surface area contributed by atoms with Gasteiger partial charge in [-0.05, 0) is 65.1 Å². The number of hydrogen-bond donors (Lipinski definition) is 1. The van der Waals surface area contributed by atoms with Crippen molar-refractivity contribution in [3.63, 3.8) is 0 Å². The van der Waals surface area contributed by atoms with E-state index in [1.54, 1.807) is 0 Å². The predicted octanol–water partition coefficient (Wildman–Crippen LogP) is 3.47. The van der Waals surface area contributed by atoms with Crippen LogP contribution < -0.4 is 5.32 Å². The van der Waals surface area contributed by atoms with E-state index in [2.05, 4.69) is 61.3 Å². The number of rotatable bonds is 4. The molecule has 2 rings (SSSR count). The molecule has 20 heavy (non-hydrogen) atoms. The molecule has 0 saturated carbocycles. The number of benzene rings is 1. The molecule has 0 aromatic heterocycles. The van der Waals surface area contributed by atoms with E-state index in [1.807, 2.05) is 0 Å². The largest absolute Gasteiger partial charge is 0.312 e. The average Bonchev–Trinajstić information content (AvgIpc) is 2.44. The molecule has 3 atom stereocenters. The molecule has 1 aliphatic rings. The maximum Gasteiger partial charge on any atom is 0.00701 e. The molecule has 1 saturated heterocycles. The van der Waals surface area contributed by atoms with Crippen molar-refractivity contribution in [2.75, 3.05) is 13.1 Å². The first-order chi connectivity index (χ1) is 9.65. The van der Waals surface area contributed by atoms with Crippen molar-refractivity contribution < 1.29 is 0 Å². The topological polar surface area (TPSA) is 15.3 Å². The Bertz CT molecular complexity index is 364. The molecule has 1 N–H and O–H groups in total. The van der Waals surface area contributed by atoms with E-state index < -0.39 is 0 Å². The first kappa shape index (κ1) is 15.5. The summed E-state index contributed by atoms with van der Waals surface area (Å²) in [5.74, 6) is 0. The van der Waals surface area contributed by atoms with Gasteiger partial charge in [-0.25, -0.2) is 0 Å². The maximum atomic E-state index is 3.67. The quantitative estimate of drug-likeness (QED) is 0.904. The molecule has 1 aromatic rings. The second-order valence-corrected chi connectivity index (χ2v) is 6.46. The van der Waals surface area contributed by atoms with Crippen LogP contribution in [0.1, 0.15) is 45.6 Å². The Balaban J connectivity index is 1.82. The van der Waals surface area contributed by atoms with Crippen molar-refractivity contribution in [3.05, 3.63) is 35.9 Å². The average molecular weight is 274 g/mol. The van der Waals surface area contributed by atoms with E-state index in [1.165, 1.54) is 44.3 Å². The maximum absolute atomic E-state index is 3.67. The van der Waals surface area contributed by atoms with Crippen LogP contribution in [0.5, 0.6) is 0 Å². The van der Waals surface area contributed by atoms with Gasteiger partial charge >= 0.3 is 0 Å². The molecule has 3 unspecified atom stereocenters. The van der Waals surface area contributed by atoms with Crippen LogP contribution in [0.3, 0.4) is 0 Å². The van der Waals surface area contributed by atoms with Crippen LogP contribution in [-0.4, -0.2) is 36.1 Å². The van der Waals surface area contributed by atoms with E-state index in [0.717, 1.165) is 0 Å². The standard InChI is InChI=1S/C18H30N2/c1-15-11-13-20(14-12-16(2)19-15)17(3)9-10-18-7-5-4-6-8-18/h4-8,15-17,19H,9-14H2,1-3H3. The SMILES string of the molecule is CC1CCN(C(C)CCc2ccccc2)CCC(C)N1. The Morgan fingerprint density at radius 3 is 2.30 bits per heavy atom. The van der Waals surface area contributed by atoms with E-state index in [-0.39, 0.29) is 0 Å². The first-order valence-corrected chi connectivity index (χ1v) is 8.19. The van der Waals surface area contributed by atoms with Gasteiger partial charge < -0.3 is 10.2 Å². The van der Waals surface area contributed by atoms with Crippen LogP contribution in [0.2, 0.25) is 0 Å². The van der Waals surface area contributed by atoms with Crippen molar-refractivity contribution in [1.29, 1.82) is 0 Å². The molecule has 0 bridgehead atoms. The zero-order chi connectivity index (χ0) is 14.4. The number of nitrogens with zero attached hydrogens (tertiary/aromatic N) is 1. The first-order valence-electron chi connectivity index (χ1n) is 8.19. The molecule has 1 heterocycles. The van der Waals surface area contributed by atoms with E-state index in [4.69, 9.17) is 0 Å². The highest BCUT2D eigenvalue weighted by molar-refractivity contribution is 5.14. The highest BCUT2D eigenvalue weighted by Crippen LogP contribution is 2.14. The lowest BCUT2D eigenvalue weighted by molar-refractivity contribution is 0.165. The van der Waals surface area contributed by atoms with Gasteiger partial charge in [0.15, 0.2) is 0 Å². The van der Waals surface area contributed by atoms with Crippen molar-refractivity contribution >= 4 is 0 Å². The van der Waals surface area contributed by atoms with Crippen molar-refractivity contribution in [2.24, 2.45) is 0 Å². The van der Waals surface area contributed by atoms with Crippen LogP contribution in [0, 0.1) is 0 Å². The summed E-state index contributed by atoms with van der Waals surface area (Å²) in [5, 5.41) is 3.67. The fraction of sp³-hybridized carbons (Fsp3) is 0.667. The lowest BCUT2D eigenvalue weighted by atomic mass is 10.0. The van der Waals surface area contributed by atoms with Crippen LogP contribution >= 0.6 is 0 Å². The van der Waals surface area contributed by atoms with E-state index in [9.17, 15) is 0 Å². The zero-order valence-corrected chi connectivity index (χ0v) is 13.3. The Morgan fingerprint density at radius 1 is 1.10 bits per heavy atom. The molecule has 2 nitrogen and oxygen atoms in total. The minimum absolute atomic E-state index is 0.647. The molecule has 112 valence electrons. The number of nitrogens with one attached hydrogen (secondary N) is 1. The summed E-state index contributed by atoms with van der Waals surface area (Å²) in [4.78, 5) is 2.69. The molecule has 0 aliphatic carbocycles. The summed E-state index contributed by atoms with van der Waals surface area (Å²) in [6.07, 6.45) is 4.99. The molecule has 1 aromatic carbocycles. The van der Waals surface area contributed by atoms with Gasteiger partial charge in [-0.15, -0.1) is 0 Å². The summed E-state index contributed by atoms with van der Waals surface area (Å²) in [6.45, 7) is 9.49. The predicted molar refractivity (Wildman–Crippen MR) is 87.1 cm³/mol. The molecule has 1 fully saturated rings. The van der Waals surface area contributed by atoms with Gasteiger partial charge in [0.1, 0.15) is 0 Å². The second kappa shape index (κ2) is 7.80. The molecule has 0 amide bonds. The fourth-order valence-electron chi connectivity index (χ4n) is 3.13. The van der Waals surface area contributed by atoms with Crippen LogP contribution in [-0.2, 0) is 6.42 Å². The second-order valence-electron chi connectivity index (χ2n) is 6.46. The Labute approximate surface area is 124 Å². The monoisotopic (exact) mass is 274 g/mol. The third-order valence-corrected chi connectivity index (χ3v) is 4.58. The molecule has 2 heteroatoms. The van der Waals surface area contributed by atoms with Gasteiger partial charge in [-0.3, -0.25) is 0 Å². The normalized spacial score (nSPS) is 26.8. The summed E-state index contributed by atoms with van der Waals surface area (Å²) in [7, 11) is 0. The molecule has 0 radical (unpaired) electrons. The highest BCUT2D eigenvalue weighted by Gasteiger charge is 2.19. The zero-order valence-electron chi connectivity index (χ0n) is 13.3. The third-order valence-electron chi connectivity index (χ3n) is 4.58. The molecule has 1 aliphatic heterocycles. The van der Waals surface area contributed by atoms with Gasteiger partial charge in [0, 0.05) is 18.1 Å². The summed E-state index contributed by atoms with van der Waals surface area (Å²) < 4.78 is 0. The van der Waals surface area contributed by atoms with Crippen molar-refractivity contribution in [3.8, 4) is 0 Å². The highest BCUT2D eigenvalue weighted by atomic mass is 15.2. The Kier molecular flexibility index (Phi) is 6.06. The summed E-state index contributed by atoms with van der Waals surface area (Å²) >= 11 is 0. The Morgan fingerprint density at radius 2 is 1.70 bits per heavy atom. The molecular formula is C18H30N2. The smallest absolute Gasteiger partial charge is 0.00701 e. The van der Waals surface area contributed by atoms with E-state index in [0.29, 0.717) is 18.1 Å². The van der Waals surface area contributed by atoms with Crippen molar-refractivity contribution in [2.45, 2.75) is 64.6 Å². The third kappa shape index (κ3) is 4.92. The van der Waals surface area contributed by atoms with Crippen LogP contribution in [0.25, 0.3) is 0 Å². The van der Waals surface area contributed by atoms with Gasteiger partial charge in [0.05, 0.1) is 0 Å². The van der Waals surface area contributed by atoms with Crippen molar-refractivity contribution in [1.82, 2.24) is 10.2 Å². The lowest BCUT2D eigenvalue weighted by Gasteiger charge is -2.34. The summed E-state index contributed by atoms with van der Waals surface area (Å²) in [6, 6.07) is 12.9. The molecule has 0 spiro atoms.